The fraction of sp³-hybridized carbons (Fsp3) is 0.357. The number of nitrogens with one attached hydrogen (secondary N) is 1. The molecule has 1 atom stereocenters. The third-order valence-corrected chi connectivity index (χ3v) is 3.47. The maximum atomic E-state index is 6.02. The molecule has 1 aromatic heterocycles. The Morgan fingerprint density at radius 3 is 2.55 bits per heavy atom. The Hall–Kier alpha value is -1.72. The Morgan fingerprint density at radius 1 is 1.25 bits per heavy atom. The van der Waals surface area contributed by atoms with Crippen LogP contribution in [0, 0.1) is 0 Å². The molecule has 1 heterocycles. The molecule has 108 valence electrons. The predicted molar refractivity (Wildman–Crippen MR) is 78.7 cm³/mol. The van der Waals surface area contributed by atoms with E-state index in [-0.39, 0.29) is 6.04 Å². The van der Waals surface area contributed by atoms with Crippen molar-refractivity contribution in [1.29, 1.82) is 0 Å². The minimum Gasteiger partial charge on any atom is -0.496 e. The van der Waals surface area contributed by atoms with Crippen LogP contribution in [-0.2, 0) is 7.05 Å². The minimum atomic E-state index is -0.107. The monoisotopic (exact) mass is 295 g/mol. The molecule has 5 nitrogen and oxygen atoms in total. The molecule has 6 heteroatoms. The van der Waals surface area contributed by atoms with Crippen molar-refractivity contribution < 1.29 is 9.47 Å². The number of ether oxygens (including phenoxy) is 2. The van der Waals surface area contributed by atoms with Gasteiger partial charge in [-0.1, -0.05) is 17.7 Å². The molecular formula is C14H18ClN3O2. The minimum absolute atomic E-state index is 0.107. The first-order valence-corrected chi connectivity index (χ1v) is 6.56. The van der Waals surface area contributed by atoms with E-state index in [9.17, 15) is 0 Å². The number of hydrogen-bond donors (Lipinski definition) is 1. The highest BCUT2D eigenvalue weighted by Crippen LogP contribution is 2.35. The van der Waals surface area contributed by atoms with E-state index in [2.05, 4.69) is 10.4 Å². The Labute approximate surface area is 123 Å². The van der Waals surface area contributed by atoms with Gasteiger partial charge in [0.2, 0.25) is 0 Å². The van der Waals surface area contributed by atoms with E-state index in [1.807, 2.05) is 26.2 Å². The number of rotatable bonds is 5. The van der Waals surface area contributed by atoms with Gasteiger partial charge >= 0.3 is 0 Å². The first-order valence-electron chi connectivity index (χ1n) is 6.19. The number of halogens is 1. The van der Waals surface area contributed by atoms with Crippen molar-refractivity contribution >= 4 is 11.6 Å². The molecule has 0 aliphatic heterocycles. The van der Waals surface area contributed by atoms with E-state index in [1.54, 1.807) is 31.2 Å². The second-order valence-electron chi connectivity index (χ2n) is 4.33. The van der Waals surface area contributed by atoms with Gasteiger partial charge in [0.05, 0.1) is 26.5 Å². The maximum Gasteiger partial charge on any atom is 0.161 e. The number of methoxy groups -OCH3 is 2. The van der Waals surface area contributed by atoms with Crippen LogP contribution in [0.25, 0.3) is 0 Å². The molecule has 0 aliphatic carbocycles. The smallest absolute Gasteiger partial charge is 0.161 e. The van der Waals surface area contributed by atoms with Gasteiger partial charge in [0, 0.05) is 17.6 Å². The van der Waals surface area contributed by atoms with Crippen LogP contribution in [0.15, 0.2) is 24.4 Å². The first-order chi connectivity index (χ1) is 9.62. The summed E-state index contributed by atoms with van der Waals surface area (Å²) >= 11 is 6.02. The van der Waals surface area contributed by atoms with Crippen LogP contribution in [0.3, 0.4) is 0 Å². The van der Waals surface area contributed by atoms with Crippen molar-refractivity contribution in [3.05, 3.63) is 40.7 Å². The Bertz CT molecular complexity index is 598. The summed E-state index contributed by atoms with van der Waals surface area (Å²) in [6, 6.07) is 5.47. The van der Waals surface area contributed by atoms with Crippen molar-refractivity contribution in [3.8, 4) is 11.5 Å². The van der Waals surface area contributed by atoms with Gasteiger partial charge < -0.3 is 14.8 Å². The lowest BCUT2D eigenvalue weighted by atomic mass is 10.0. The van der Waals surface area contributed by atoms with E-state index in [4.69, 9.17) is 21.1 Å². The molecule has 1 unspecified atom stereocenters. The van der Waals surface area contributed by atoms with Crippen LogP contribution in [0.2, 0.25) is 5.02 Å². The highest BCUT2D eigenvalue weighted by molar-refractivity contribution is 6.30. The van der Waals surface area contributed by atoms with E-state index in [0.29, 0.717) is 5.02 Å². The van der Waals surface area contributed by atoms with Gasteiger partial charge in [-0.25, -0.2) is 0 Å². The molecular weight excluding hydrogens is 278 g/mol. The molecule has 0 radical (unpaired) electrons. The SMILES string of the molecule is CNC(c1ccc(Cl)cc1OC)c1c(OC)cnn1C. The summed E-state index contributed by atoms with van der Waals surface area (Å²) in [5.41, 5.74) is 1.90. The molecule has 1 N–H and O–H groups in total. The molecule has 2 rings (SSSR count). The first kappa shape index (κ1) is 14.7. The van der Waals surface area contributed by atoms with E-state index >= 15 is 0 Å². The van der Waals surface area contributed by atoms with Crippen LogP contribution in [-0.4, -0.2) is 31.0 Å². The van der Waals surface area contributed by atoms with Gasteiger partial charge in [0.25, 0.3) is 0 Å². The predicted octanol–water partition coefficient (Wildman–Crippen LogP) is 2.40. The number of aryl methyl sites for hydroxylation is 1. The maximum absolute atomic E-state index is 6.02. The van der Waals surface area contributed by atoms with Gasteiger partial charge in [-0.05, 0) is 19.2 Å². The van der Waals surface area contributed by atoms with E-state index < -0.39 is 0 Å². The molecule has 2 aromatic rings. The number of hydrogen-bond acceptors (Lipinski definition) is 4. The van der Waals surface area contributed by atoms with Gasteiger partial charge in [0.1, 0.15) is 11.4 Å². The van der Waals surface area contributed by atoms with Crippen LogP contribution in [0.1, 0.15) is 17.3 Å². The van der Waals surface area contributed by atoms with Crippen molar-refractivity contribution in [2.24, 2.45) is 7.05 Å². The fourth-order valence-corrected chi connectivity index (χ4v) is 2.44. The lowest BCUT2D eigenvalue weighted by Gasteiger charge is -2.21. The highest BCUT2D eigenvalue weighted by Gasteiger charge is 2.24. The molecule has 20 heavy (non-hydrogen) atoms. The lowest BCUT2D eigenvalue weighted by molar-refractivity contribution is 0.392. The Morgan fingerprint density at radius 2 is 1.95 bits per heavy atom. The molecule has 1 aromatic carbocycles. The number of benzene rings is 1. The van der Waals surface area contributed by atoms with Crippen molar-refractivity contribution in [3.63, 3.8) is 0 Å². The molecule has 0 amide bonds. The van der Waals surface area contributed by atoms with Crippen LogP contribution >= 0.6 is 11.6 Å². The third kappa shape index (κ3) is 2.59. The zero-order valence-electron chi connectivity index (χ0n) is 12.0. The van der Waals surface area contributed by atoms with Crippen molar-refractivity contribution in [2.75, 3.05) is 21.3 Å². The fourth-order valence-electron chi connectivity index (χ4n) is 2.28. The average Bonchev–Trinajstić information content (AvgIpc) is 2.82. The third-order valence-electron chi connectivity index (χ3n) is 3.24. The summed E-state index contributed by atoms with van der Waals surface area (Å²) in [7, 11) is 7.02. The van der Waals surface area contributed by atoms with E-state index in [0.717, 1.165) is 22.8 Å². The average molecular weight is 296 g/mol. The van der Waals surface area contributed by atoms with Crippen LogP contribution < -0.4 is 14.8 Å². The quantitative estimate of drug-likeness (QED) is 0.920. The normalized spacial score (nSPS) is 12.2. The van der Waals surface area contributed by atoms with Crippen molar-refractivity contribution in [1.82, 2.24) is 15.1 Å². The zero-order valence-corrected chi connectivity index (χ0v) is 12.7. The summed E-state index contributed by atoms with van der Waals surface area (Å²) in [6.07, 6.45) is 1.70. The topological polar surface area (TPSA) is 48.3 Å². The van der Waals surface area contributed by atoms with Gasteiger partial charge in [-0.3, -0.25) is 4.68 Å². The highest BCUT2D eigenvalue weighted by atomic mass is 35.5. The zero-order chi connectivity index (χ0) is 14.7. The summed E-state index contributed by atoms with van der Waals surface area (Å²) in [6.45, 7) is 0. The number of nitrogens with zero attached hydrogens (tertiary/aromatic N) is 2. The molecule has 0 aliphatic rings. The Balaban J connectivity index is 2.55. The second kappa shape index (κ2) is 6.15. The van der Waals surface area contributed by atoms with Crippen LogP contribution in [0.5, 0.6) is 11.5 Å². The summed E-state index contributed by atoms with van der Waals surface area (Å²) in [4.78, 5) is 0. The van der Waals surface area contributed by atoms with Gasteiger partial charge in [0.15, 0.2) is 5.75 Å². The van der Waals surface area contributed by atoms with Crippen LogP contribution in [0.4, 0.5) is 0 Å². The van der Waals surface area contributed by atoms with Gasteiger partial charge in [-0.15, -0.1) is 0 Å². The summed E-state index contributed by atoms with van der Waals surface area (Å²) < 4.78 is 12.6. The standard InChI is InChI=1S/C14H18ClN3O2/c1-16-13(14-12(20-4)8-17-18(14)2)10-6-5-9(15)7-11(10)19-3/h5-8,13,16H,1-4H3. The Kier molecular flexibility index (Phi) is 4.52. The molecule has 0 saturated heterocycles. The number of aromatic nitrogens is 2. The summed E-state index contributed by atoms with van der Waals surface area (Å²) in [5.74, 6) is 1.45. The molecule has 0 saturated carbocycles. The second-order valence-corrected chi connectivity index (χ2v) is 4.77. The summed E-state index contributed by atoms with van der Waals surface area (Å²) in [5, 5.41) is 8.14. The van der Waals surface area contributed by atoms with Gasteiger partial charge in [-0.2, -0.15) is 5.10 Å². The van der Waals surface area contributed by atoms with Crippen molar-refractivity contribution in [2.45, 2.75) is 6.04 Å². The largest absolute Gasteiger partial charge is 0.496 e. The molecule has 0 spiro atoms. The van der Waals surface area contributed by atoms with E-state index in [1.165, 1.54) is 0 Å². The molecule has 0 fully saturated rings. The molecule has 0 bridgehead atoms. The lowest BCUT2D eigenvalue weighted by Crippen LogP contribution is -2.22.